The maximum Gasteiger partial charge on any atom is 0.303 e. The smallest absolute Gasteiger partial charge is 0.303 e. The van der Waals surface area contributed by atoms with Gasteiger partial charge in [-0.05, 0) is 36.0 Å². The summed E-state index contributed by atoms with van der Waals surface area (Å²) in [6, 6.07) is 19.4. The van der Waals surface area contributed by atoms with Crippen LogP contribution in [-0.2, 0) is 11.2 Å². The second-order valence-corrected chi connectivity index (χ2v) is 7.10. The normalized spacial score (nSPS) is 10.8. The van der Waals surface area contributed by atoms with Crippen LogP contribution in [0.4, 0.5) is 0 Å². The van der Waals surface area contributed by atoms with E-state index >= 15 is 0 Å². The number of aliphatic carboxylic acids is 1. The molecule has 2 aromatic rings. The third-order valence-corrected chi connectivity index (χ3v) is 4.94. The molecule has 0 fully saturated rings. The van der Waals surface area contributed by atoms with E-state index in [0.717, 1.165) is 19.3 Å². The van der Waals surface area contributed by atoms with Gasteiger partial charge in [0.1, 0.15) is 0 Å². The molecule has 0 spiro atoms. The number of benzene rings is 2. The fourth-order valence-corrected chi connectivity index (χ4v) is 3.47. The second kappa shape index (κ2) is 12.3. The van der Waals surface area contributed by atoms with E-state index in [9.17, 15) is 4.79 Å². The van der Waals surface area contributed by atoms with Gasteiger partial charge in [-0.25, -0.2) is 0 Å². The molecule has 0 aliphatic carbocycles. The van der Waals surface area contributed by atoms with Crippen molar-refractivity contribution in [2.75, 3.05) is 0 Å². The fourth-order valence-electron chi connectivity index (χ4n) is 3.47. The molecule has 0 amide bonds. The maximum atomic E-state index is 10.4. The minimum absolute atomic E-state index is 0.324. The number of carboxylic acid groups (broad SMARTS) is 1. The highest BCUT2D eigenvalue weighted by molar-refractivity contribution is 5.67. The van der Waals surface area contributed by atoms with Crippen molar-refractivity contribution in [2.24, 2.45) is 0 Å². The van der Waals surface area contributed by atoms with Gasteiger partial charge in [0.15, 0.2) is 0 Å². The third-order valence-electron chi connectivity index (χ3n) is 4.94. The summed E-state index contributed by atoms with van der Waals surface area (Å²) in [5.74, 6) is -0.668. The molecule has 0 radical (unpaired) electrons. The number of aryl methyl sites for hydroxylation is 1. The lowest BCUT2D eigenvalue weighted by atomic mass is 9.95. The predicted octanol–water partition coefficient (Wildman–Crippen LogP) is 6.88. The van der Waals surface area contributed by atoms with Crippen molar-refractivity contribution in [3.63, 3.8) is 0 Å². The molecule has 0 unspecified atom stereocenters. The SMILES string of the molecule is O=C(O)CCCCCCCCCCCc1ccccc1-c1ccccc1. The Kier molecular flexibility index (Phi) is 9.56. The number of hydrogen-bond donors (Lipinski definition) is 1. The number of hydrogen-bond acceptors (Lipinski definition) is 1. The molecule has 0 bridgehead atoms. The molecule has 0 saturated heterocycles. The van der Waals surface area contributed by atoms with Gasteiger partial charge in [-0.3, -0.25) is 4.79 Å². The monoisotopic (exact) mass is 352 g/mol. The molecule has 2 rings (SSSR count). The van der Waals surface area contributed by atoms with Crippen LogP contribution < -0.4 is 0 Å². The summed E-state index contributed by atoms with van der Waals surface area (Å²) in [6.07, 6.45) is 12.2. The molecular weight excluding hydrogens is 320 g/mol. The standard InChI is InChI=1S/C24H32O2/c25-24(26)20-12-7-5-3-1-2-4-6-9-15-22-18-13-14-19-23(22)21-16-10-8-11-17-21/h8,10-11,13-14,16-19H,1-7,9,12,15,20H2,(H,25,26). The molecular formula is C24H32O2. The molecule has 0 saturated carbocycles. The summed E-state index contributed by atoms with van der Waals surface area (Å²) in [6.45, 7) is 0. The van der Waals surface area contributed by atoms with E-state index < -0.39 is 5.97 Å². The Labute approximate surface area is 158 Å². The van der Waals surface area contributed by atoms with E-state index in [2.05, 4.69) is 54.6 Å². The first-order valence-electron chi connectivity index (χ1n) is 10.1. The summed E-state index contributed by atoms with van der Waals surface area (Å²) in [4.78, 5) is 10.4. The molecule has 0 aromatic heterocycles. The van der Waals surface area contributed by atoms with Crippen molar-refractivity contribution >= 4 is 5.97 Å². The van der Waals surface area contributed by atoms with Gasteiger partial charge in [0.05, 0.1) is 0 Å². The van der Waals surface area contributed by atoms with Crippen LogP contribution >= 0.6 is 0 Å². The topological polar surface area (TPSA) is 37.3 Å². The second-order valence-electron chi connectivity index (χ2n) is 7.10. The van der Waals surface area contributed by atoms with Gasteiger partial charge in [-0.1, -0.05) is 99.5 Å². The van der Waals surface area contributed by atoms with Crippen LogP contribution in [0, 0.1) is 0 Å². The molecule has 0 atom stereocenters. The van der Waals surface area contributed by atoms with Gasteiger partial charge in [-0.2, -0.15) is 0 Å². The lowest BCUT2D eigenvalue weighted by Gasteiger charge is -2.09. The van der Waals surface area contributed by atoms with Gasteiger partial charge >= 0.3 is 5.97 Å². The number of rotatable bonds is 13. The average Bonchev–Trinajstić information content (AvgIpc) is 2.67. The Morgan fingerprint density at radius 3 is 1.85 bits per heavy atom. The first kappa shape index (κ1) is 20.2. The molecule has 2 nitrogen and oxygen atoms in total. The van der Waals surface area contributed by atoms with Crippen molar-refractivity contribution < 1.29 is 9.90 Å². The zero-order valence-corrected chi connectivity index (χ0v) is 15.8. The molecule has 1 N–H and O–H groups in total. The van der Waals surface area contributed by atoms with Gasteiger partial charge in [-0.15, -0.1) is 0 Å². The fraction of sp³-hybridized carbons (Fsp3) is 0.458. The summed E-state index contributed by atoms with van der Waals surface area (Å²) in [5.41, 5.74) is 4.14. The average molecular weight is 353 g/mol. The highest BCUT2D eigenvalue weighted by atomic mass is 16.4. The van der Waals surface area contributed by atoms with Crippen LogP contribution in [0.5, 0.6) is 0 Å². The molecule has 2 aromatic carbocycles. The van der Waals surface area contributed by atoms with E-state index in [1.165, 1.54) is 61.6 Å². The van der Waals surface area contributed by atoms with E-state index in [1.807, 2.05) is 0 Å². The minimum Gasteiger partial charge on any atom is -0.481 e. The van der Waals surface area contributed by atoms with Crippen LogP contribution in [-0.4, -0.2) is 11.1 Å². The lowest BCUT2D eigenvalue weighted by Crippen LogP contribution is -1.93. The van der Waals surface area contributed by atoms with Gasteiger partial charge in [0.25, 0.3) is 0 Å². The van der Waals surface area contributed by atoms with Crippen LogP contribution in [0.15, 0.2) is 54.6 Å². The Bertz CT molecular complexity index is 634. The Morgan fingerprint density at radius 1 is 0.654 bits per heavy atom. The Hall–Kier alpha value is -2.09. The van der Waals surface area contributed by atoms with Crippen LogP contribution in [0.2, 0.25) is 0 Å². The predicted molar refractivity (Wildman–Crippen MR) is 109 cm³/mol. The van der Waals surface area contributed by atoms with Crippen molar-refractivity contribution in [3.8, 4) is 11.1 Å². The summed E-state index contributed by atoms with van der Waals surface area (Å²) < 4.78 is 0. The molecule has 0 aliphatic rings. The molecule has 2 heteroatoms. The summed E-state index contributed by atoms with van der Waals surface area (Å²) in [7, 11) is 0. The lowest BCUT2D eigenvalue weighted by molar-refractivity contribution is -0.137. The maximum absolute atomic E-state index is 10.4. The summed E-state index contributed by atoms with van der Waals surface area (Å²) in [5, 5.41) is 8.60. The van der Waals surface area contributed by atoms with Crippen LogP contribution in [0.25, 0.3) is 11.1 Å². The molecule has 140 valence electrons. The van der Waals surface area contributed by atoms with E-state index in [4.69, 9.17) is 5.11 Å². The molecule has 0 aliphatic heterocycles. The molecule has 26 heavy (non-hydrogen) atoms. The number of carboxylic acids is 1. The van der Waals surface area contributed by atoms with Crippen molar-refractivity contribution in [2.45, 2.75) is 70.6 Å². The first-order valence-corrected chi connectivity index (χ1v) is 10.1. The quantitative estimate of drug-likeness (QED) is 0.399. The highest BCUT2D eigenvalue weighted by Gasteiger charge is 2.04. The zero-order valence-electron chi connectivity index (χ0n) is 15.8. The number of unbranched alkanes of at least 4 members (excludes halogenated alkanes) is 8. The van der Waals surface area contributed by atoms with Crippen molar-refractivity contribution in [1.82, 2.24) is 0 Å². The number of carbonyl (C=O) groups is 1. The van der Waals surface area contributed by atoms with E-state index in [1.54, 1.807) is 0 Å². The van der Waals surface area contributed by atoms with Gasteiger partial charge in [0, 0.05) is 6.42 Å². The Balaban J connectivity index is 1.57. The highest BCUT2D eigenvalue weighted by Crippen LogP contribution is 2.25. The molecule has 0 heterocycles. The van der Waals surface area contributed by atoms with Crippen LogP contribution in [0.3, 0.4) is 0 Å². The van der Waals surface area contributed by atoms with Gasteiger partial charge in [0.2, 0.25) is 0 Å². The first-order chi connectivity index (χ1) is 12.8. The van der Waals surface area contributed by atoms with E-state index in [-0.39, 0.29) is 0 Å². The zero-order chi connectivity index (χ0) is 18.5. The largest absolute Gasteiger partial charge is 0.481 e. The third kappa shape index (κ3) is 7.86. The van der Waals surface area contributed by atoms with Crippen molar-refractivity contribution in [1.29, 1.82) is 0 Å². The Morgan fingerprint density at radius 2 is 1.19 bits per heavy atom. The minimum atomic E-state index is -0.668. The van der Waals surface area contributed by atoms with Crippen LogP contribution in [0.1, 0.15) is 69.8 Å². The van der Waals surface area contributed by atoms with E-state index in [0.29, 0.717) is 6.42 Å². The summed E-state index contributed by atoms with van der Waals surface area (Å²) >= 11 is 0. The van der Waals surface area contributed by atoms with Gasteiger partial charge < -0.3 is 5.11 Å². The van der Waals surface area contributed by atoms with Crippen molar-refractivity contribution in [3.05, 3.63) is 60.2 Å².